The lowest BCUT2D eigenvalue weighted by Crippen LogP contribution is -2.35. The third-order valence-electron chi connectivity index (χ3n) is 3.42. The summed E-state index contributed by atoms with van der Waals surface area (Å²) in [6.45, 7) is 7.27. The molecule has 2 rings (SSSR count). The van der Waals surface area contributed by atoms with Gasteiger partial charge in [-0.05, 0) is 52.5 Å². The fourth-order valence-corrected chi connectivity index (χ4v) is 2.33. The van der Waals surface area contributed by atoms with Crippen molar-refractivity contribution in [3.8, 4) is 5.88 Å². The van der Waals surface area contributed by atoms with Crippen LogP contribution in [0.4, 0.5) is 0 Å². The minimum absolute atomic E-state index is 0.113. The van der Waals surface area contributed by atoms with Crippen molar-refractivity contribution in [2.24, 2.45) is 0 Å². The van der Waals surface area contributed by atoms with Gasteiger partial charge in [0.2, 0.25) is 5.88 Å². The van der Waals surface area contributed by atoms with Crippen LogP contribution in [0.3, 0.4) is 0 Å². The van der Waals surface area contributed by atoms with Crippen molar-refractivity contribution in [3.05, 3.63) is 23.9 Å². The number of aromatic nitrogens is 1. The standard InChI is InChI=1S/C16H26N2O/c1-16(2,3)17-12-13-8-7-11-15(18-13)19-14-9-5-4-6-10-14/h7-8,11,14,17H,4-6,9-10,12H2,1-3H3. The molecule has 1 aliphatic carbocycles. The first-order valence-electron chi connectivity index (χ1n) is 7.40. The first-order chi connectivity index (χ1) is 9.03. The molecule has 1 N–H and O–H groups in total. The smallest absolute Gasteiger partial charge is 0.213 e. The highest BCUT2D eigenvalue weighted by Crippen LogP contribution is 2.22. The Morgan fingerprint density at radius 1 is 1.21 bits per heavy atom. The Labute approximate surface area is 116 Å². The molecule has 1 heterocycles. The van der Waals surface area contributed by atoms with E-state index in [0.717, 1.165) is 18.1 Å². The molecule has 0 unspecified atom stereocenters. The number of nitrogens with one attached hydrogen (secondary N) is 1. The van der Waals surface area contributed by atoms with Gasteiger partial charge in [0.1, 0.15) is 6.10 Å². The van der Waals surface area contributed by atoms with Crippen LogP contribution in [-0.2, 0) is 6.54 Å². The van der Waals surface area contributed by atoms with Crippen LogP contribution < -0.4 is 10.1 Å². The van der Waals surface area contributed by atoms with E-state index in [9.17, 15) is 0 Å². The van der Waals surface area contributed by atoms with Gasteiger partial charge < -0.3 is 10.1 Å². The Bertz CT molecular complexity index is 392. The molecule has 0 bridgehead atoms. The second-order valence-corrected chi connectivity index (χ2v) is 6.45. The predicted octanol–water partition coefficient (Wildman–Crippen LogP) is 3.68. The van der Waals surface area contributed by atoms with Crippen LogP contribution in [0.5, 0.6) is 5.88 Å². The molecule has 19 heavy (non-hydrogen) atoms. The molecule has 3 nitrogen and oxygen atoms in total. The van der Waals surface area contributed by atoms with Gasteiger partial charge in [-0.3, -0.25) is 0 Å². The normalized spacial score (nSPS) is 17.4. The Morgan fingerprint density at radius 2 is 1.95 bits per heavy atom. The van der Waals surface area contributed by atoms with Gasteiger partial charge in [-0.15, -0.1) is 0 Å². The molecule has 106 valence electrons. The third kappa shape index (κ3) is 5.19. The number of ether oxygens (including phenoxy) is 1. The molecular weight excluding hydrogens is 236 g/mol. The molecule has 1 saturated carbocycles. The Morgan fingerprint density at radius 3 is 2.63 bits per heavy atom. The molecule has 1 aliphatic rings. The van der Waals surface area contributed by atoms with Crippen molar-refractivity contribution in [3.63, 3.8) is 0 Å². The fourth-order valence-electron chi connectivity index (χ4n) is 2.33. The predicted molar refractivity (Wildman–Crippen MR) is 78.3 cm³/mol. The molecule has 0 atom stereocenters. The molecule has 0 spiro atoms. The zero-order valence-corrected chi connectivity index (χ0v) is 12.4. The molecular formula is C16H26N2O. The highest BCUT2D eigenvalue weighted by atomic mass is 16.5. The maximum Gasteiger partial charge on any atom is 0.213 e. The largest absolute Gasteiger partial charge is 0.474 e. The summed E-state index contributed by atoms with van der Waals surface area (Å²) in [4.78, 5) is 4.59. The number of pyridine rings is 1. The van der Waals surface area contributed by atoms with Crippen LogP contribution >= 0.6 is 0 Å². The molecule has 3 heteroatoms. The highest BCUT2D eigenvalue weighted by Gasteiger charge is 2.15. The van der Waals surface area contributed by atoms with Crippen molar-refractivity contribution < 1.29 is 4.74 Å². The molecule has 0 amide bonds. The van der Waals surface area contributed by atoms with E-state index in [0.29, 0.717) is 6.10 Å². The van der Waals surface area contributed by atoms with E-state index < -0.39 is 0 Å². The van der Waals surface area contributed by atoms with E-state index in [4.69, 9.17) is 4.74 Å². The summed E-state index contributed by atoms with van der Waals surface area (Å²) < 4.78 is 5.99. The van der Waals surface area contributed by atoms with E-state index in [-0.39, 0.29) is 5.54 Å². The topological polar surface area (TPSA) is 34.1 Å². The lowest BCUT2D eigenvalue weighted by Gasteiger charge is -2.23. The maximum atomic E-state index is 5.99. The molecule has 0 aromatic carbocycles. The van der Waals surface area contributed by atoms with E-state index in [1.807, 2.05) is 18.2 Å². The number of hydrogen-bond donors (Lipinski definition) is 1. The zero-order chi connectivity index (χ0) is 13.7. The van der Waals surface area contributed by atoms with Crippen molar-refractivity contribution in [2.75, 3.05) is 0 Å². The van der Waals surface area contributed by atoms with Gasteiger partial charge in [0, 0.05) is 18.2 Å². The summed E-state index contributed by atoms with van der Waals surface area (Å²) in [5.41, 5.74) is 1.16. The van der Waals surface area contributed by atoms with Crippen LogP contribution in [0, 0.1) is 0 Å². The van der Waals surface area contributed by atoms with Gasteiger partial charge in [-0.1, -0.05) is 12.5 Å². The molecule has 1 aromatic heterocycles. The summed E-state index contributed by atoms with van der Waals surface area (Å²) in [5.74, 6) is 0.778. The van der Waals surface area contributed by atoms with Gasteiger partial charge in [0.15, 0.2) is 0 Å². The van der Waals surface area contributed by atoms with E-state index >= 15 is 0 Å². The summed E-state index contributed by atoms with van der Waals surface area (Å²) >= 11 is 0. The Hall–Kier alpha value is -1.09. The first-order valence-corrected chi connectivity index (χ1v) is 7.40. The Balaban J connectivity index is 1.90. The highest BCUT2D eigenvalue weighted by molar-refractivity contribution is 5.16. The van der Waals surface area contributed by atoms with Crippen LogP contribution in [0.1, 0.15) is 58.6 Å². The lowest BCUT2D eigenvalue weighted by atomic mass is 9.98. The number of rotatable bonds is 4. The first kappa shape index (κ1) is 14.3. The summed E-state index contributed by atoms with van der Waals surface area (Å²) in [6.07, 6.45) is 6.64. The van der Waals surface area contributed by atoms with Crippen molar-refractivity contribution in [2.45, 2.75) is 71.1 Å². The Kier molecular flexibility index (Phi) is 4.81. The molecule has 0 aliphatic heterocycles. The van der Waals surface area contributed by atoms with E-state index in [1.54, 1.807) is 0 Å². The van der Waals surface area contributed by atoms with Crippen LogP contribution in [0.15, 0.2) is 18.2 Å². The van der Waals surface area contributed by atoms with Crippen LogP contribution in [-0.4, -0.2) is 16.6 Å². The summed E-state index contributed by atoms with van der Waals surface area (Å²) in [7, 11) is 0. The lowest BCUT2D eigenvalue weighted by molar-refractivity contribution is 0.148. The SMILES string of the molecule is CC(C)(C)NCc1cccc(OC2CCCCC2)n1. The zero-order valence-electron chi connectivity index (χ0n) is 12.4. The minimum atomic E-state index is 0.113. The van der Waals surface area contributed by atoms with Gasteiger partial charge in [-0.2, -0.15) is 0 Å². The van der Waals surface area contributed by atoms with Crippen molar-refractivity contribution in [1.29, 1.82) is 0 Å². The van der Waals surface area contributed by atoms with E-state index in [2.05, 4.69) is 31.1 Å². The summed E-state index contributed by atoms with van der Waals surface area (Å²) in [5, 5.41) is 3.45. The average Bonchev–Trinajstić information content (AvgIpc) is 2.37. The quantitative estimate of drug-likeness (QED) is 0.898. The fraction of sp³-hybridized carbons (Fsp3) is 0.688. The van der Waals surface area contributed by atoms with Crippen LogP contribution in [0.25, 0.3) is 0 Å². The van der Waals surface area contributed by atoms with Gasteiger partial charge in [0.05, 0.1) is 5.69 Å². The number of nitrogens with zero attached hydrogens (tertiary/aromatic N) is 1. The molecule has 1 aromatic rings. The molecule has 1 fully saturated rings. The van der Waals surface area contributed by atoms with Gasteiger partial charge >= 0.3 is 0 Å². The van der Waals surface area contributed by atoms with Crippen molar-refractivity contribution >= 4 is 0 Å². The molecule has 0 radical (unpaired) electrons. The molecule has 0 saturated heterocycles. The second kappa shape index (κ2) is 6.38. The van der Waals surface area contributed by atoms with Gasteiger partial charge in [-0.25, -0.2) is 4.98 Å². The van der Waals surface area contributed by atoms with Crippen LogP contribution in [0.2, 0.25) is 0 Å². The monoisotopic (exact) mass is 262 g/mol. The van der Waals surface area contributed by atoms with E-state index in [1.165, 1.54) is 32.1 Å². The summed E-state index contributed by atoms with van der Waals surface area (Å²) in [6, 6.07) is 6.05. The van der Waals surface area contributed by atoms with Crippen molar-refractivity contribution in [1.82, 2.24) is 10.3 Å². The van der Waals surface area contributed by atoms with Gasteiger partial charge in [0.25, 0.3) is 0 Å². The third-order valence-corrected chi connectivity index (χ3v) is 3.42. The average molecular weight is 262 g/mol. The maximum absolute atomic E-state index is 5.99. The minimum Gasteiger partial charge on any atom is -0.474 e. The second-order valence-electron chi connectivity index (χ2n) is 6.45. The number of hydrogen-bond acceptors (Lipinski definition) is 3.